The van der Waals surface area contributed by atoms with Crippen LogP contribution in [-0.4, -0.2) is 60.4 Å². The summed E-state index contributed by atoms with van der Waals surface area (Å²) in [7, 11) is 0. The van der Waals surface area contributed by atoms with E-state index in [0.717, 1.165) is 88.4 Å². The summed E-state index contributed by atoms with van der Waals surface area (Å²) in [6, 6.07) is 124. The minimum atomic E-state index is -0.826. The Kier molecular flexibility index (Phi) is 62.9. The summed E-state index contributed by atoms with van der Waals surface area (Å²) >= 11 is 0. The van der Waals surface area contributed by atoms with Crippen molar-refractivity contribution in [3.8, 4) is 67.8 Å². The second-order valence-corrected chi connectivity index (χ2v) is 32.6. The molecule has 0 spiro atoms. The normalized spacial score (nSPS) is 10.9. The summed E-state index contributed by atoms with van der Waals surface area (Å²) in [5.74, 6) is -0.872. The number of pyridine rings is 4. The number of hydrogen-bond acceptors (Lipinski definition) is 10. The molecule has 18 rings (SSSR count). The first-order chi connectivity index (χ1) is 66.4. The first-order valence-corrected chi connectivity index (χ1v) is 46.5. The topological polar surface area (TPSA) is 140 Å². The zero-order chi connectivity index (χ0) is 95.8. The number of phenolic OH excluding ortho intramolecular Hbond substituents is 2. The molecule has 0 aliphatic rings. The van der Waals surface area contributed by atoms with Crippen molar-refractivity contribution in [1.82, 2.24) is 24.5 Å². The number of phenols is 2. The average Bonchev–Trinajstić information content (AvgIpc) is 1.60. The van der Waals surface area contributed by atoms with Gasteiger partial charge in [-0.2, -0.15) is 0 Å². The molecule has 0 fully saturated rings. The fourth-order valence-corrected chi connectivity index (χ4v) is 15.4. The second-order valence-electron chi connectivity index (χ2n) is 32.6. The van der Waals surface area contributed by atoms with Crippen LogP contribution in [0.4, 0.5) is 28.9 Å². The van der Waals surface area contributed by atoms with Crippen molar-refractivity contribution in [2.45, 2.75) is 197 Å². The Bertz CT molecular complexity index is 6590. The standard InChI is InChI=1S/C24H25N.C23H22N2O3.C19H17N2O.C18H16N.C17H7F4N.2C10H14.8CH4.2Ir.Pt/c1-3-20(17-18(2)19-11-5-4-6-12-19)25-23-15-9-7-13-21(23)22-14-8-10-16-24(22)25;1-2-28-16-17-11-12-23(27)19(13-17)15-25-21-9-5-4-8-20(21)24-14-18-7-3-6-10-22(18)26;1-2-22-14-15-11-16(18-7-3-5-9-20-18)13-17(12-15)19-8-4-6-10-21-19;1-2-8-16-13-15-11-6-7-12-17(15)18(19-16)14-9-4-3-5-10-14;18-10-4-6-12(14(20)8-10)16-2-1-3-17(22-16)13-7-5-11(19)9-15(13)21;2*1-3-9(2)10-7-5-4-6-8-10;;;;;;;;;;;/h4-16,18,20H,3,17H2,1-2H3;3-15,26-27H,2,16H2,1H3;3-12H,2,14H2,1H3;3-7,9,11-13H,2,8H2,1H3;1-5,8-9H;2*4-9H,3H2,1-2H3;8*1H4;;;/q;;2*-1;-2;;;;;;;;;;;;+3;. The number of nitrogens with zero attached hydrogens (tertiary/aromatic N) is 7. The molecule has 1 radical (unpaired) electrons. The first kappa shape index (κ1) is 132. The molecular weight excluding hydrogens is 2370 g/mol. The molecule has 0 saturated heterocycles. The van der Waals surface area contributed by atoms with Gasteiger partial charge in [-0.25, -0.2) is 0 Å². The molecular formula is C129H147F4Ir2N7O4Pt-. The van der Waals surface area contributed by atoms with Crippen LogP contribution in [0.2, 0.25) is 0 Å². The third kappa shape index (κ3) is 39.0. The predicted octanol–water partition coefficient (Wildman–Crippen LogP) is 36.9. The fraction of sp³-hybridized carbons (Fsp3) is 0.240. The molecule has 18 aromatic rings. The van der Waals surface area contributed by atoms with Crippen LogP contribution in [0.15, 0.2) is 374 Å². The van der Waals surface area contributed by atoms with Gasteiger partial charge in [-0.1, -0.05) is 379 Å². The number of aromatic nitrogens is 5. The average molecular weight is 2520 g/mol. The molecule has 4 atom stereocenters. The van der Waals surface area contributed by atoms with Gasteiger partial charge in [0.25, 0.3) is 0 Å². The van der Waals surface area contributed by atoms with Gasteiger partial charge in [0.1, 0.15) is 11.5 Å². The van der Waals surface area contributed by atoms with E-state index in [2.05, 4.69) is 290 Å². The minimum Gasteiger partial charge on any atom is -0.507 e. The number of aryl methyl sites for hydroxylation is 1. The van der Waals surface area contributed by atoms with Gasteiger partial charge >= 0.3 is 20.1 Å². The van der Waals surface area contributed by atoms with Crippen LogP contribution in [0.1, 0.15) is 222 Å². The molecule has 0 aliphatic heterocycles. The van der Waals surface area contributed by atoms with Crippen LogP contribution in [0.5, 0.6) is 11.5 Å². The van der Waals surface area contributed by atoms with Crippen molar-refractivity contribution in [2.75, 3.05) is 13.2 Å². The van der Waals surface area contributed by atoms with E-state index in [1.54, 1.807) is 49.1 Å². The molecule has 18 heteroatoms. The van der Waals surface area contributed by atoms with Gasteiger partial charge in [0, 0.05) is 159 Å². The van der Waals surface area contributed by atoms with Gasteiger partial charge in [0.15, 0.2) is 0 Å². The smallest absolute Gasteiger partial charge is 0.507 e. The number of hydrogen-bond donors (Lipinski definition) is 2. The first-order valence-electron chi connectivity index (χ1n) is 46.5. The molecule has 0 saturated carbocycles. The molecule has 0 aliphatic carbocycles. The molecule has 779 valence electrons. The summed E-state index contributed by atoms with van der Waals surface area (Å²) < 4.78 is 66.9. The van der Waals surface area contributed by atoms with Crippen molar-refractivity contribution >= 4 is 56.4 Å². The van der Waals surface area contributed by atoms with Gasteiger partial charge in [0.2, 0.25) is 0 Å². The van der Waals surface area contributed by atoms with Crippen LogP contribution in [0, 0.1) is 47.5 Å². The molecule has 11 nitrogen and oxygen atoms in total. The number of halogens is 4. The van der Waals surface area contributed by atoms with E-state index in [9.17, 15) is 27.8 Å². The Morgan fingerprint density at radius 3 is 1.28 bits per heavy atom. The van der Waals surface area contributed by atoms with E-state index in [1.165, 1.54) is 80.3 Å². The van der Waals surface area contributed by atoms with E-state index >= 15 is 0 Å². The summed E-state index contributed by atoms with van der Waals surface area (Å²) in [5, 5.41) is 25.2. The van der Waals surface area contributed by atoms with Crippen LogP contribution >= 0.6 is 0 Å². The van der Waals surface area contributed by atoms with E-state index in [4.69, 9.17) is 14.5 Å². The largest absolute Gasteiger partial charge is 3.00 e. The van der Waals surface area contributed by atoms with E-state index in [-0.39, 0.29) is 155 Å². The number of benzene rings is 13. The van der Waals surface area contributed by atoms with Gasteiger partial charge in [-0.05, 0) is 181 Å². The van der Waals surface area contributed by atoms with Crippen molar-refractivity contribution in [3.63, 3.8) is 0 Å². The van der Waals surface area contributed by atoms with Crippen LogP contribution in [0.3, 0.4) is 0 Å². The Morgan fingerprint density at radius 2 is 0.823 bits per heavy atom. The zero-order valence-electron chi connectivity index (χ0n) is 79.5. The second kappa shape index (κ2) is 70.0. The van der Waals surface area contributed by atoms with Gasteiger partial charge in [-0.15, -0.1) is 78.4 Å². The quantitative estimate of drug-likeness (QED) is 0.0310. The molecule has 0 bridgehead atoms. The monoisotopic (exact) mass is 2520 g/mol. The van der Waals surface area contributed by atoms with Crippen molar-refractivity contribution in [1.29, 1.82) is 0 Å². The number of para-hydroxylation sites is 5. The Hall–Kier alpha value is -12.9. The Labute approximate surface area is 916 Å². The van der Waals surface area contributed by atoms with Crippen LogP contribution in [0.25, 0.3) is 88.9 Å². The molecule has 147 heavy (non-hydrogen) atoms. The van der Waals surface area contributed by atoms with Gasteiger partial charge in [0.05, 0.1) is 24.6 Å². The minimum absolute atomic E-state index is 0. The van der Waals surface area contributed by atoms with Crippen LogP contribution < -0.4 is 0 Å². The Morgan fingerprint density at radius 1 is 0.395 bits per heavy atom. The maximum atomic E-state index is 13.8. The van der Waals surface area contributed by atoms with E-state index < -0.39 is 23.3 Å². The van der Waals surface area contributed by atoms with E-state index in [0.29, 0.717) is 84.9 Å². The summed E-state index contributed by atoms with van der Waals surface area (Å²) in [4.78, 5) is 26.7. The number of aliphatic imine (C=N–C) groups is 2. The summed E-state index contributed by atoms with van der Waals surface area (Å²) in [5.41, 5.74) is 18.9. The van der Waals surface area contributed by atoms with Crippen molar-refractivity contribution in [3.05, 3.63) is 456 Å². The maximum absolute atomic E-state index is 13.8. The van der Waals surface area contributed by atoms with Gasteiger partial charge < -0.3 is 34.2 Å². The Balaban J connectivity index is 0.000000864. The number of fused-ring (bicyclic) bond motifs is 4. The molecule has 5 aromatic heterocycles. The molecule has 0 amide bonds. The fourth-order valence-electron chi connectivity index (χ4n) is 15.4. The zero-order valence-corrected chi connectivity index (χ0v) is 86.6. The third-order valence-electron chi connectivity index (χ3n) is 23.0. The third-order valence-corrected chi connectivity index (χ3v) is 23.0. The summed E-state index contributed by atoms with van der Waals surface area (Å²) in [6.45, 7) is 22.1. The maximum Gasteiger partial charge on any atom is 3.00 e. The molecule has 2 N–H and O–H groups in total. The van der Waals surface area contributed by atoms with Crippen molar-refractivity contribution in [2.24, 2.45) is 9.98 Å². The molecule has 13 aromatic carbocycles. The number of rotatable bonds is 26. The number of aromatic hydroxyl groups is 2. The summed E-state index contributed by atoms with van der Waals surface area (Å²) in [6.07, 6.45) is 13.7. The SMILES string of the molecule is C.C.C.C.C.C.C.C.CCC(C)c1ccccc1.CCC(C)c1ccccc1.CCC(CC(C)c1ccccc1)n1c2ccccc2c2ccccc21.CCCc1cc2ccccc2c(-c2[c-]cccc2)n1.CCOCc1cc(-c2ccccn2)[c-]c(-c2ccccn2)c1.CCOCc1ccc(O)c(C=Nc2ccccc2N=Cc2ccccc2O)c1.Fc1c[c-]c(-c2cccc(-c3[c-]cc(F)cc3F)n2)c(F)c1.[Ir+3].[Ir].[Pt]. The van der Waals surface area contributed by atoms with Crippen LogP contribution in [-0.2, 0) is 90.4 Å². The van der Waals surface area contributed by atoms with Crippen molar-refractivity contribution < 1.29 is 98.5 Å². The molecule has 5 heterocycles. The van der Waals surface area contributed by atoms with E-state index in [1.807, 2.05) is 111 Å². The molecule has 4 unspecified atom stereocenters. The number of ether oxygens (including phenoxy) is 2. The predicted molar refractivity (Wildman–Crippen MR) is 605 cm³/mol. The van der Waals surface area contributed by atoms with Gasteiger partial charge in [-0.3, -0.25) is 37.5 Å².